The van der Waals surface area contributed by atoms with Crippen LogP contribution in [0.15, 0.2) is 30.3 Å². The van der Waals surface area contributed by atoms with E-state index in [0.717, 1.165) is 12.0 Å². The number of piperazine rings is 1. The van der Waals surface area contributed by atoms with E-state index in [1.807, 2.05) is 51.1 Å². The molecule has 1 heterocycles. The number of hydrogen-bond acceptors (Lipinski definition) is 3. The maximum Gasteiger partial charge on any atom is 0.312 e. The first-order chi connectivity index (χ1) is 11.9. The van der Waals surface area contributed by atoms with E-state index in [2.05, 4.69) is 5.32 Å². The third-order valence-corrected chi connectivity index (χ3v) is 4.40. The van der Waals surface area contributed by atoms with Crippen molar-refractivity contribution in [3.63, 3.8) is 0 Å². The molecule has 1 saturated heterocycles. The molecule has 0 bridgehead atoms. The molecule has 1 aromatic rings. The molecule has 1 unspecified atom stereocenters. The van der Waals surface area contributed by atoms with Crippen LogP contribution in [0.4, 0.5) is 0 Å². The number of rotatable bonds is 4. The summed E-state index contributed by atoms with van der Waals surface area (Å²) >= 11 is 0. The fraction of sp³-hybridized carbons (Fsp3) is 0.526. The zero-order chi connectivity index (χ0) is 18.4. The zero-order valence-corrected chi connectivity index (χ0v) is 15.2. The molecule has 6 heteroatoms. The quantitative estimate of drug-likeness (QED) is 0.838. The molecule has 1 N–H and O–H groups in total. The van der Waals surface area contributed by atoms with Crippen LogP contribution in [0.2, 0.25) is 0 Å². The van der Waals surface area contributed by atoms with Crippen molar-refractivity contribution >= 4 is 17.7 Å². The third-order valence-electron chi connectivity index (χ3n) is 4.40. The van der Waals surface area contributed by atoms with E-state index in [1.165, 1.54) is 4.90 Å². The summed E-state index contributed by atoms with van der Waals surface area (Å²) in [5, 5.41) is 2.61. The highest BCUT2D eigenvalue weighted by Gasteiger charge is 2.30. The van der Waals surface area contributed by atoms with E-state index in [0.29, 0.717) is 26.2 Å². The van der Waals surface area contributed by atoms with Gasteiger partial charge in [-0.05, 0) is 25.8 Å². The van der Waals surface area contributed by atoms with Crippen LogP contribution >= 0.6 is 0 Å². The van der Waals surface area contributed by atoms with E-state index in [-0.39, 0.29) is 17.9 Å². The van der Waals surface area contributed by atoms with E-state index in [4.69, 9.17) is 0 Å². The molecule has 0 aromatic heterocycles. The minimum absolute atomic E-state index is 0.0736. The van der Waals surface area contributed by atoms with Crippen molar-refractivity contribution in [1.29, 1.82) is 0 Å². The molecule has 0 saturated carbocycles. The summed E-state index contributed by atoms with van der Waals surface area (Å²) in [6.07, 6.45) is 0.735. The normalized spacial score (nSPS) is 15.8. The van der Waals surface area contributed by atoms with Crippen LogP contribution in [-0.2, 0) is 14.4 Å². The smallest absolute Gasteiger partial charge is 0.312 e. The molecule has 3 amide bonds. The number of carbonyl (C=O) groups is 3. The standard InChI is InChI=1S/C19H27N3O3/c1-4-16(15-8-6-5-7-9-15)18(24)21-10-12-22(13-11-21)19(25)17(23)20-14(2)3/h5-9,14,16H,4,10-13H2,1-3H3,(H,20,23). The van der Waals surface area contributed by atoms with E-state index in [1.54, 1.807) is 4.90 Å². The molecule has 1 aliphatic rings. The molecule has 1 fully saturated rings. The van der Waals surface area contributed by atoms with Crippen LogP contribution in [0.1, 0.15) is 38.7 Å². The van der Waals surface area contributed by atoms with Crippen molar-refractivity contribution in [3.05, 3.63) is 35.9 Å². The molecular weight excluding hydrogens is 318 g/mol. The highest BCUT2D eigenvalue weighted by atomic mass is 16.2. The van der Waals surface area contributed by atoms with E-state index < -0.39 is 11.8 Å². The van der Waals surface area contributed by atoms with Crippen molar-refractivity contribution in [2.75, 3.05) is 26.2 Å². The fourth-order valence-electron chi connectivity index (χ4n) is 3.06. The van der Waals surface area contributed by atoms with E-state index in [9.17, 15) is 14.4 Å². The van der Waals surface area contributed by atoms with Gasteiger partial charge in [-0.3, -0.25) is 14.4 Å². The number of benzene rings is 1. The third kappa shape index (κ3) is 4.81. The SMILES string of the molecule is CCC(C(=O)N1CCN(C(=O)C(=O)NC(C)C)CC1)c1ccccc1. The summed E-state index contributed by atoms with van der Waals surface area (Å²) in [5.74, 6) is -1.17. The lowest BCUT2D eigenvalue weighted by Gasteiger charge is -2.36. The second kappa shape index (κ2) is 8.65. The van der Waals surface area contributed by atoms with Crippen molar-refractivity contribution in [3.8, 4) is 0 Å². The van der Waals surface area contributed by atoms with Crippen LogP contribution in [0.25, 0.3) is 0 Å². The van der Waals surface area contributed by atoms with Gasteiger partial charge in [0.2, 0.25) is 5.91 Å². The Morgan fingerprint density at radius 2 is 1.56 bits per heavy atom. The molecular formula is C19H27N3O3. The summed E-state index contributed by atoms with van der Waals surface area (Å²) < 4.78 is 0. The van der Waals surface area contributed by atoms with Gasteiger partial charge in [0.1, 0.15) is 0 Å². The van der Waals surface area contributed by atoms with Gasteiger partial charge in [-0.15, -0.1) is 0 Å². The molecule has 0 spiro atoms. The molecule has 25 heavy (non-hydrogen) atoms. The number of nitrogens with one attached hydrogen (secondary N) is 1. The van der Waals surface area contributed by atoms with Crippen LogP contribution < -0.4 is 5.32 Å². The Morgan fingerprint density at radius 1 is 1.00 bits per heavy atom. The summed E-state index contributed by atoms with van der Waals surface area (Å²) in [5.41, 5.74) is 1.02. The minimum atomic E-state index is -0.578. The number of amides is 3. The average Bonchev–Trinajstić information content (AvgIpc) is 2.62. The van der Waals surface area contributed by atoms with Gasteiger partial charge in [-0.1, -0.05) is 37.3 Å². The maximum absolute atomic E-state index is 12.8. The fourth-order valence-corrected chi connectivity index (χ4v) is 3.06. The van der Waals surface area contributed by atoms with Crippen LogP contribution in [0.3, 0.4) is 0 Å². The van der Waals surface area contributed by atoms with Gasteiger partial charge in [0.05, 0.1) is 5.92 Å². The van der Waals surface area contributed by atoms with Gasteiger partial charge in [-0.25, -0.2) is 0 Å². The van der Waals surface area contributed by atoms with Crippen molar-refractivity contribution in [2.24, 2.45) is 0 Å². The highest BCUT2D eigenvalue weighted by Crippen LogP contribution is 2.22. The number of carbonyl (C=O) groups excluding carboxylic acids is 3. The molecule has 1 aliphatic heterocycles. The molecule has 0 aliphatic carbocycles. The predicted octanol–water partition coefficient (Wildman–Crippen LogP) is 1.38. The first kappa shape index (κ1) is 19.0. The van der Waals surface area contributed by atoms with Gasteiger partial charge in [0.15, 0.2) is 0 Å². The van der Waals surface area contributed by atoms with Crippen LogP contribution in [-0.4, -0.2) is 59.7 Å². The monoisotopic (exact) mass is 345 g/mol. The molecule has 6 nitrogen and oxygen atoms in total. The van der Waals surface area contributed by atoms with Crippen LogP contribution in [0, 0.1) is 0 Å². The van der Waals surface area contributed by atoms with Crippen molar-refractivity contribution < 1.29 is 14.4 Å². The first-order valence-corrected chi connectivity index (χ1v) is 8.87. The van der Waals surface area contributed by atoms with Gasteiger partial charge in [-0.2, -0.15) is 0 Å². The Hall–Kier alpha value is -2.37. The van der Waals surface area contributed by atoms with Crippen molar-refractivity contribution in [2.45, 2.75) is 39.2 Å². The Labute approximate surface area is 149 Å². The minimum Gasteiger partial charge on any atom is -0.346 e. The largest absolute Gasteiger partial charge is 0.346 e. The summed E-state index contributed by atoms with van der Waals surface area (Å²) in [4.78, 5) is 40.1. The van der Waals surface area contributed by atoms with Crippen LogP contribution in [0.5, 0.6) is 0 Å². The molecule has 1 aromatic carbocycles. The Morgan fingerprint density at radius 3 is 2.08 bits per heavy atom. The molecule has 0 radical (unpaired) electrons. The molecule has 1 atom stereocenters. The number of nitrogens with zero attached hydrogens (tertiary/aromatic N) is 2. The summed E-state index contributed by atoms with van der Waals surface area (Å²) in [6, 6.07) is 9.69. The zero-order valence-electron chi connectivity index (χ0n) is 15.2. The lowest BCUT2D eigenvalue weighted by Crippen LogP contribution is -2.55. The van der Waals surface area contributed by atoms with Gasteiger partial charge in [0, 0.05) is 32.2 Å². The maximum atomic E-state index is 12.8. The average molecular weight is 345 g/mol. The predicted molar refractivity (Wildman–Crippen MR) is 95.9 cm³/mol. The Bertz CT molecular complexity index is 608. The molecule has 136 valence electrons. The number of hydrogen-bond donors (Lipinski definition) is 1. The highest BCUT2D eigenvalue weighted by molar-refractivity contribution is 6.35. The Kier molecular flexibility index (Phi) is 6.56. The first-order valence-electron chi connectivity index (χ1n) is 8.87. The topological polar surface area (TPSA) is 69.7 Å². The molecule has 2 rings (SSSR count). The second-order valence-electron chi connectivity index (χ2n) is 6.62. The second-order valence-corrected chi connectivity index (χ2v) is 6.62. The Balaban J connectivity index is 1.94. The van der Waals surface area contributed by atoms with Gasteiger partial charge in [0.25, 0.3) is 0 Å². The van der Waals surface area contributed by atoms with E-state index >= 15 is 0 Å². The lowest BCUT2D eigenvalue weighted by atomic mass is 9.95. The van der Waals surface area contributed by atoms with Gasteiger partial charge >= 0.3 is 11.8 Å². The lowest BCUT2D eigenvalue weighted by molar-refractivity contribution is -0.148. The van der Waals surface area contributed by atoms with Gasteiger partial charge < -0.3 is 15.1 Å². The summed E-state index contributed by atoms with van der Waals surface area (Å²) in [7, 11) is 0. The summed E-state index contributed by atoms with van der Waals surface area (Å²) in [6.45, 7) is 7.34. The van der Waals surface area contributed by atoms with Crippen molar-refractivity contribution in [1.82, 2.24) is 15.1 Å².